The van der Waals surface area contributed by atoms with Crippen molar-refractivity contribution in [2.24, 2.45) is 0 Å². The molecule has 1 aromatic heterocycles. The fraction of sp³-hybridized carbons (Fsp3) is 0.185. The van der Waals surface area contributed by atoms with Crippen LogP contribution in [0.4, 0.5) is 4.79 Å². The zero-order valence-electron chi connectivity index (χ0n) is 21.2. The van der Waals surface area contributed by atoms with Crippen LogP contribution in [0, 0.1) is 20.8 Å². The summed E-state index contributed by atoms with van der Waals surface area (Å²) < 4.78 is 33.5. The second-order valence-corrected chi connectivity index (χ2v) is 11.1. The lowest BCUT2D eigenvalue weighted by molar-refractivity contribution is 0.154. The first kappa shape index (κ1) is 29.2. The Kier molecular flexibility index (Phi) is 9.22. The standard InChI is InChI=1S/C27H25Cl2N3O4S.H3N/c1-17-4-11-23(12-5-17)37(34,35)31-27(33)36-15-14-20-6-9-22(10-7-20)32-19(3)26(18(2)30-32)21-8-13-24(28)25(29)16-21;/h4-13,16H,14-15H2,1-3H3,(H,31,33);1H3. The highest BCUT2D eigenvalue weighted by atomic mass is 35.5. The second kappa shape index (κ2) is 12.0. The van der Waals surface area contributed by atoms with E-state index in [0.717, 1.165) is 39.3 Å². The van der Waals surface area contributed by atoms with Gasteiger partial charge in [0.05, 0.1) is 32.9 Å². The van der Waals surface area contributed by atoms with Crippen molar-refractivity contribution in [2.75, 3.05) is 6.61 Å². The molecule has 8 nitrogen and oxygen atoms in total. The summed E-state index contributed by atoms with van der Waals surface area (Å²) in [7, 11) is -3.99. The number of carbonyl (C=O) groups is 1. The van der Waals surface area contributed by atoms with Gasteiger partial charge in [-0.05, 0) is 68.3 Å². The van der Waals surface area contributed by atoms with Gasteiger partial charge < -0.3 is 10.9 Å². The molecule has 200 valence electrons. The minimum atomic E-state index is -3.99. The summed E-state index contributed by atoms with van der Waals surface area (Å²) in [5.41, 5.74) is 6.45. The van der Waals surface area contributed by atoms with E-state index < -0.39 is 16.1 Å². The Morgan fingerprint density at radius 1 is 0.947 bits per heavy atom. The van der Waals surface area contributed by atoms with E-state index in [1.807, 2.05) is 66.6 Å². The zero-order valence-corrected chi connectivity index (χ0v) is 23.5. The number of halogens is 2. The summed E-state index contributed by atoms with van der Waals surface area (Å²) in [5.74, 6) is 0. The van der Waals surface area contributed by atoms with Crippen LogP contribution in [0.2, 0.25) is 10.0 Å². The van der Waals surface area contributed by atoms with Crippen LogP contribution < -0.4 is 10.9 Å². The van der Waals surface area contributed by atoms with E-state index in [1.54, 1.807) is 18.2 Å². The summed E-state index contributed by atoms with van der Waals surface area (Å²) in [6.07, 6.45) is -0.598. The van der Waals surface area contributed by atoms with E-state index in [9.17, 15) is 13.2 Å². The van der Waals surface area contributed by atoms with Gasteiger partial charge in [0.1, 0.15) is 0 Å². The molecule has 0 spiro atoms. The highest BCUT2D eigenvalue weighted by Crippen LogP contribution is 2.33. The van der Waals surface area contributed by atoms with Gasteiger partial charge >= 0.3 is 6.09 Å². The molecule has 0 aliphatic carbocycles. The average molecular weight is 576 g/mol. The van der Waals surface area contributed by atoms with Gasteiger partial charge in [0, 0.05) is 17.7 Å². The molecule has 4 N–H and O–H groups in total. The van der Waals surface area contributed by atoms with Crippen LogP contribution >= 0.6 is 23.2 Å². The Balaban J connectivity index is 0.00000400. The van der Waals surface area contributed by atoms with Gasteiger partial charge in [0.15, 0.2) is 0 Å². The number of aromatic nitrogens is 2. The van der Waals surface area contributed by atoms with Gasteiger partial charge in [-0.15, -0.1) is 0 Å². The van der Waals surface area contributed by atoms with Crippen LogP contribution in [0.5, 0.6) is 0 Å². The lowest BCUT2D eigenvalue weighted by Gasteiger charge is -2.09. The summed E-state index contributed by atoms with van der Waals surface area (Å²) in [4.78, 5) is 12.0. The lowest BCUT2D eigenvalue weighted by atomic mass is 10.0. The van der Waals surface area contributed by atoms with Crippen LogP contribution in [0.25, 0.3) is 16.8 Å². The maximum atomic E-state index is 12.3. The number of amides is 1. The monoisotopic (exact) mass is 574 g/mol. The van der Waals surface area contributed by atoms with Crippen molar-refractivity contribution in [3.05, 3.63) is 99.3 Å². The van der Waals surface area contributed by atoms with Crippen LogP contribution in [0.15, 0.2) is 71.6 Å². The number of hydrogen-bond acceptors (Lipinski definition) is 6. The highest BCUT2D eigenvalue weighted by Gasteiger charge is 2.18. The van der Waals surface area contributed by atoms with Crippen molar-refractivity contribution in [3.8, 4) is 16.8 Å². The maximum Gasteiger partial charge on any atom is 0.421 e. The number of nitrogens with one attached hydrogen (secondary N) is 1. The molecule has 0 radical (unpaired) electrons. The number of aryl methyl sites for hydroxylation is 2. The molecule has 0 fully saturated rings. The van der Waals surface area contributed by atoms with E-state index in [2.05, 4.69) is 0 Å². The Hall–Kier alpha value is -3.37. The summed E-state index contributed by atoms with van der Waals surface area (Å²) >= 11 is 12.3. The predicted octanol–water partition coefficient (Wildman–Crippen LogP) is 6.59. The molecule has 0 aliphatic rings. The van der Waals surface area contributed by atoms with Gasteiger partial charge in [-0.3, -0.25) is 0 Å². The molecule has 0 bridgehead atoms. The van der Waals surface area contributed by atoms with E-state index in [1.165, 1.54) is 12.1 Å². The first-order valence-corrected chi connectivity index (χ1v) is 13.7. The first-order valence-electron chi connectivity index (χ1n) is 11.4. The van der Waals surface area contributed by atoms with E-state index in [0.29, 0.717) is 16.5 Å². The molecular weight excluding hydrogens is 547 g/mol. The number of nitrogens with zero attached hydrogens (tertiary/aromatic N) is 2. The first-order chi connectivity index (χ1) is 17.5. The highest BCUT2D eigenvalue weighted by molar-refractivity contribution is 7.90. The smallest absolute Gasteiger partial charge is 0.421 e. The largest absolute Gasteiger partial charge is 0.448 e. The number of carbonyl (C=O) groups excluding carboxylic acids is 1. The topological polar surface area (TPSA) is 125 Å². The molecular formula is C27H28Cl2N4O4S. The normalized spacial score (nSPS) is 11.1. The molecule has 0 aliphatic heterocycles. The van der Waals surface area contributed by atoms with Crippen molar-refractivity contribution in [2.45, 2.75) is 32.1 Å². The van der Waals surface area contributed by atoms with E-state index >= 15 is 0 Å². The van der Waals surface area contributed by atoms with Crippen molar-refractivity contribution < 1.29 is 17.9 Å². The van der Waals surface area contributed by atoms with Crippen molar-refractivity contribution in [1.82, 2.24) is 20.7 Å². The molecule has 4 rings (SSSR count). The Morgan fingerprint density at radius 2 is 1.61 bits per heavy atom. The summed E-state index contributed by atoms with van der Waals surface area (Å²) in [5, 5.41) is 5.68. The third-order valence-electron chi connectivity index (χ3n) is 5.85. The molecule has 0 saturated heterocycles. The van der Waals surface area contributed by atoms with Gasteiger partial charge in [0.25, 0.3) is 10.0 Å². The van der Waals surface area contributed by atoms with Gasteiger partial charge in [-0.25, -0.2) is 22.6 Å². The third kappa shape index (κ3) is 6.54. The molecule has 1 amide bonds. The average Bonchev–Trinajstić information content (AvgIpc) is 3.15. The Labute approximate surface area is 232 Å². The number of ether oxygens (including phenoxy) is 1. The van der Waals surface area contributed by atoms with E-state index in [-0.39, 0.29) is 17.7 Å². The SMILES string of the molecule is Cc1ccc(S(=O)(=O)NC(=O)OCCc2ccc(-n3nc(C)c(-c4ccc(Cl)c(Cl)c4)c3C)cc2)cc1.N. The van der Waals surface area contributed by atoms with Crippen LogP contribution in [0.1, 0.15) is 22.5 Å². The molecule has 11 heteroatoms. The van der Waals surface area contributed by atoms with Crippen LogP contribution in [-0.4, -0.2) is 30.9 Å². The molecule has 3 aromatic carbocycles. The molecule has 4 aromatic rings. The zero-order chi connectivity index (χ0) is 26.7. The van der Waals surface area contributed by atoms with Gasteiger partial charge in [-0.2, -0.15) is 5.10 Å². The number of sulfonamides is 1. The maximum absolute atomic E-state index is 12.3. The van der Waals surface area contributed by atoms with Crippen LogP contribution in [0.3, 0.4) is 0 Å². The van der Waals surface area contributed by atoms with Crippen molar-refractivity contribution in [3.63, 3.8) is 0 Å². The van der Waals surface area contributed by atoms with E-state index in [4.69, 9.17) is 33.0 Å². The molecule has 38 heavy (non-hydrogen) atoms. The molecule has 0 saturated carbocycles. The fourth-order valence-electron chi connectivity index (χ4n) is 3.94. The van der Waals surface area contributed by atoms with Crippen LogP contribution in [-0.2, 0) is 21.2 Å². The molecule has 1 heterocycles. The minimum absolute atomic E-state index is 0. The summed E-state index contributed by atoms with van der Waals surface area (Å²) in [6, 6.07) is 19.4. The Bertz CT molecular complexity index is 1550. The van der Waals surface area contributed by atoms with Crippen molar-refractivity contribution >= 4 is 39.3 Å². The van der Waals surface area contributed by atoms with Gasteiger partial charge in [0.2, 0.25) is 0 Å². The third-order valence-corrected chi connectivity index (χ3v) is 7.92. The van der Waals surface area contributed by atoms with Gasteiger partial charge in [-0.1, -0.05) is 59.1 Å². The second-order valence-electron chi connectivity index (χ2n) is 8.56. The quantitative estimate of drug-likeness (QED) is 0.256. The Morgan fingerprint density at radius 3 is 2.24 bits per heavy atom. The number of hydrogen-bond donors (Lipinski definition) is 2. The van der Waals surface area contributed by atoms with Crippen molar-refractivity contribution in [1.29, 1.82) is 0 Å². The minimum Gasteiger partial charge on any atom is -0.448 e. The lowest BCUT2D eigenvalue weighted by Crippen LogP contribution is -2.31. The summed E-state index contributed by atoms with van der Waals surface area (Å²) in [6.45, 7) is 5.80. The number of benzene rings is 3. The number of rotatable bonds is 7. The molecule has 0 unspecified atom stereocenters. The molecule has 0 atom stereocenters. The fourth-order valence-corrected chi connectivity index (χ4v) is 5.13. The predicted molar refractivity (Wildman–Crippen MR) is 150 cm³/mol.